The summed E-state index contributed by atoms with van der Waals surface area (Å²) in [6.07, 6.45) is 3.19. The van der Waals surface area contributed by atoms with E-state index in [2.05, 4.69) is 11.9 Å². The van der Waals surface area contributed by atoms with E-state index in [0.717, 1.165) is 36.6 Å². The van der Waals surface area contributed by atoms with Gasteiger partial charge in [-0.1, -0.05) is 6.92 Å². The van der Waals surface area contributed by atoms with Crippen molar-refractivity contribution in [2.24, 2.45) is 0 Å². The molecule has 5 heteroatoms. The second-order valence-electron chi connectivity index (χ2n) is 4.41. The van der Waals surface area contributed by atoms with E-state index in [0.29, 0.717) is 5.75 Å². The number of nitrogens with zero attached hydrogens (tertiary/aromatic N) is 1. The van der Waals surface area contributed by atoms with Crippen LogP contribution < -0.4 is 0 Å². The van der Waals surface area contributed by atoms with Crippen molar-refractivity contribution < 1.29 is 8.95 Å². The maximum absolute atomic E-state index is 12.2. The lowest BCUT2D eigenvalue weighted by molar-refractivity contribution is 0.127. The molecule has 1 saturated heterocycles. The first kappa shape index (κ1) is 13.2. The van der Waals surface area contributed by atoms with E-state index in [1.807, 2.05) is 12.3 Å². The Labute approximate surface area is 109 Å². The molecule has 0 saturated carbocycles. The molecule has 96 valence electrons. The normalized spacial score (nSPS) is 26.2. The van der Waals surface area contributed by atoms with Crippen molar-refractivity contribution >= 4 is 22.1 Å². The number of ether oxygens (including phenoxy) is 1. The van der Waals surface area contributed by atoms with Crippen molar-refractivity contribution in [2.75, 3.05) is 6.61 Å². The molecule has 0 unspecified atom stereocenters. The number of aromatic nitrogens is 1. The lowest BCUT2D eigenvalue weighted by Crippen LogP contribution is -2.24. The molecule has 17 heavy (non-hydrogen) atoms. The highest BCUT2D eigenvalue weighted by Crippen LogP contribution is 2.22. The Morgan fingerprint density at radius 3 is 3.12 bits per heavy atom. The van der Waals surface area contributed by atoms with Crippen molar-refractivity contribution in [3.05, 3.63) is 16.1 Å². The quantitative estimate of drug-likeness (QED) is 0.827. The molecule has 2 rings (SSSR count). The average molecular weight is 273 g/mol. The second-order valence-corrected chi connectivity index (χ2v) is 7.01. The Morgan fingerprint density at radius 2 is 2.47 bits per heavy atom. The zero-order chi connectivity index (χ0) is 12.3. The highest BCUT2D eigenvalue weighted by atomic mass is 32.2. The van der Waals surface area contributed by atoms with Gasteiger partial charge in [-0.25, -0.2) is 4.98 Å². The van der Waals surface area contributed by atoms with Crippen LogP contribution >= 0.6 is 11.3 Å². The standard InChI is InChI=1S/C12H19NO2S2/c1-3-4-12-13-10(7-16-12)8-17(14)11-5-6-15-9(11)2/h7,9,11H,3-6,8H2,1-2H3/t9-,11-,17-/m1/s1. The van der Waals surface area contributed by atoms with E-state index in [4.69, 9.17) is 4.74 Å². The summed E-state index contributed by atoms with van der Waals surface area (Å²) in [4.78, 5) is 4.52. The van der Waals surface area contributed by atoms with Crippen LogP contribution in [0.2, 0.25) is 0 Å². The minimum atomic E-state index is -0.848. The van der Waals surface area contributed by atoms with Gasteiger partial charge in [-0.3, -0.25) is 4.21 Å². The smallest absolute Gasteiger partial charge is 0.0928 e. The fraction of sp³-hybridized carbons (Fsp3) is 0.750. The number of hydrogen-bond donors (Lipinski definition) is 0. The van der Waals surface area contributed by atoms with Crippen LogP contribution in [0.5, 0.6) is 0 Å². The summed E-state index contributed by atoms with van der Waals surface area (Å²) in [7, 11) is -0.848. The van der Waals surface area contributed by atoms with Crippen LogP contribution in [0.1, 0.15) is 37.4 Å². The van der Waals surface area contributed by atoms with Crippen molar-refractivity contribution in [1.29, 1.82) is 0 Å². The van der Waals surface area contributed by atoms with Gasteiger partial charge in [-0.15, -0.1) is 11.3 Å². The molecule has 3 atom stereocenters. The molecule has 1 aliphatic heterocycles. The summed E-state index contributed by atoms with van der Waals surface area (Å²) in [6, 6.07) is 0. The maximum Gasteiger partial charge on any atom is 0.0928 e. The van der Waals surface area contributed by atoms with E-state index in [-0.39, 0.29) is 11.4 Å². The molecule has 3 nitrogen and oxygen atoms in total. The largest absolute Gasteiger partial charge is 0.377 e. The molecule has 1 aliphatic rings. The van der Waals surface area contributed by atoms with Crippen molar-refractivity contribution in [1.82, 2.24) is 4.98 Å². The minimum absolute atomic E-state index is 0.129. The first-order valence-electron chi connectivity index (χ1n) is 6.12. The molecular formula is C12H19NO2S2. The number of rotatable bonds is 5. The molecule has 0 bridgehead atoms. The highest BCUT2D eigenvalue weighted by Gasteiger charge is 2.29. The molecule has 0 radical (unpaired) electrons. The third-order valence-electron chi connectivity index (χ3n) is 3.00. The van der Waals surface area contributed by atoms with Gasteiger partial charge >= 0.3 is 0 Å². The van der Waals surface area contributed by atoms with E-state index in [9.17, 15) is 4.21 Å². The van der Waals surface area contributed by atoms with Crippen LogP contribution in [0.15, 0.2) is 5.38 Å². The summed E-state index contributed by atoms with van der Waals surface area (Å²) < 4.78 is 17.6. The summed E-state index contributed by atoms with van der Waals surface area (Å²) >= 11 is 1.68. The van der Waals surface area contributed by atoms with E-state index in [1.165, 1.54) is 0 Å². The third kappa shape index (κ3) is 3.36. The summed E-state index contributed by atoms with van der Waals surface area (Å²) in [5.74, 6) is 0.582. The summed E-state index contributed by atoms with van der Waals surface area (Å²) in [5.41, 5.74) is 0.982. The Bertz CT molecular complexity index is 392. The van der Waals surface area contributed by atoms with Gasteiger partial charge in [0.15, 0.2) is 0 Å². The van der Waals surface area contributed by atoms with Crippen LogP contribution in [-0.2, 0) is 27.7 Å². The van der Waals surface area contributed by atoms with Gasteiger partial charge in [0.1, 0.15) is 0 Å². The van der Waals surface area contributed by atoms with Gasteiger partial charge in [0.25, 0.3) is 0 Å². The predicted molar refractivity (Wildman–Crippen MR) is 71.8 cm³/mol. The third-order valence-corrected chi connectivity index (χ3v) is 5.83. The van der Waals surface area contributed by atoms with E-state index >= 15 is 0 Å². The number of aryl methyl sites for hydroxylation is 1. The summed E-state index contributed by atoms with van der Waals surface area (Å²) in [6.45, 7) is 4.91. The highest BCUT2D eigenvalue weighted by molar-refractivity contribution is 7.84. The van der Waals surface area contributed by atoms with Gasteiger partial charge in [0.05, 0.1) is 27.8 Å². The predicted octanol–water partition coefficient (Wildman–Crippen LogP) is 2.52. The second kappa shape index (κ2) is 6.07. The molecule has 1 aromatic heterocycles. The zero-order valence-corrected chi connectivity index (χ0v) is 12.0. The summed E-state index contributed by atoms with van der Waals surface area (Å²) in [5, 5.41) is 3.39. The van der Waals surface area contributed by atoms with E-state index in [1.54, 1.807) is 11.3 Å². The first-order chi connectivity index (χ1) is 8.20. The van der Waals surface area contributed by atoms with Gasteiger partial charge in [0.2, 0.25) is 0 Å². The van der Waals surface area contributed by atoms with Crippen molar-refractivity contribution in [3.63, 3.8) is 0 Å². The van der Waals surface area contributed by atoms with E-state index < -0.39 is 10.8 Å². The molecule has 0 N–H and O–H groups in total. The molecule has 1 fully saturated rings. The Hall–Kier alpha value is -0.260. The zero-order valence-electron chi connectivity index (χ0n) is 10.3. The van der Waals surface area contributed by atoms with Gasteiger partial charge < -0.3 is 4.74 Å². The lowest BCUT2D eigenvalue weighted by Gasteiger charge is -2.12. The van der Waals surface area contributed by atoms with Crippen LogP contribution in [0, 0.1) is 0 Å². The molecule has 2 heterocycles. The molecule has 1 aromatic rings. The average Bonchev–Trinajstić information content (AvgIpc) is 2.88. The number of hydrogen-bond acceptors (Lipinski definition) is 4. The topological polar surface area (TPSA) is 39.2 Å². The van der Waals surface area contributed by atoms with Crippen molar-refractivity contribution in [3.8, 4) is 0 Å². The van der Waals surface area contributed by atoms with Crippen molar-refractivity contribution in [2.45, 2.75) is 50.2 Å². The Morgan fingerprint density at radius 1 is 1.65 bits per heavy atom. The lowest BCUT2D eigenvalue weighted by atomic mass is 10.3. The van der Waals surface area contributed by atoms with Crippen LogP contribution in [0.3, 0.4) is 0 Å². The molecule has 0 aromatic carbocycles. The fourth-order valence-corrected chi connectivity index (χ4v) is 4.58. The Balaban J connectivity index is 1.93. The van der Waals surface area contributed by atoms with Crippen LogP contribution in [-0.4, -0.2) is 27.2 Å². The SMILES string of the molecule is CCCc1nc(C[S@@](=O)[C@@H]2CCO[C@@H]2C)cs1. The molecule has 0 aliphatic carbocycles. The molecular weight excluding hydrogens is 254 g/mol. The van der Waals surface area contributed by atoms with Gasteiger partial charge in [-0.2, -0.15) is 0 Å². The minimum Gasteiger partial charge on any atom is -0.377 e. The van der Waals surface area contributed by atoms with Crippen LogP contribution in [0.25, 0.3) is 0 Å². The molecule has 0 spiro atoms. The van der Waals surface area contributed by atoms with Crippen LogP contribution in [0.4, 0.5) is 0 Å². The number of thiazole rings is 1. The Kier molecular flexibility index (Phi) is 4.70. The first-order valence-corrected chi connectivity index (χ1v) is 8.39. The fourth-order valence-electron chi connectivity index (χ4n) is 2.05. The molecule has 0 amide bonds. The maximum atomic E-state index is 12.2. The van der Waals surface area contributed by atoms with Gasteiger partial charge in [0, 0.05) is 22.8 Å². The monoisotopic (exact) mass is 273 g/mol. The van der Waals surface area contributed by atoms with Gasteiger partial charge in [-0.05, 0) is 26.2 Å².